The molecule has 1 atom stereocenters. The summed E-state index contributed by atoms with van der Waals surface area (Å²) < 4.78 is 27.0. The van der Waals surface area contributed by atoms with E-state index >= 15 is 0 Å². The van der Waals surface area contributed by atoms with Gasteiger partial charge >= 0.3 is 5.97 Å². The standard InChI is InChI=1S/C20H20O7/c1-11(21)26-20-14-7-6-13(23-2)10-16(14)27-19(18(20)22)12-5-8-15(24-3)17(9-12)25-4/h5-10,19,22H,1-4H3/t19-/m0/s1. The Kier molecular flexibility index (Phi) is 5.12. The Morgan fingerprint density at radius 2 is 1.74 bits per heavy atom. The third-order valence-corrected chi connectivity index (χ3v) is 4.12. The Bertz CT molecular complexity index is 901. The second-order valence-electron chi connectivity index (χ2n) is 5.78. The highest BCUT2D eigenvalue weighted by atomic mass is 16.6. The smallest absolute Gasteiger partial charge is 0.308 e. The van der Waals surface area contributed by atoms with Crippen LogP contribution in [0.5, 0.6) is 23.0 Å². The highest BCUT2D eigenvalue weighted by Crippen LogP contribution is 2.44. The molecule has 3 rings (SSSR count). The first-order valence-corrected chi connectivity index (χ1v) is 8.17. The van der Waals surface area contributed by atoms with Crippen LogP contribution in [0, 0.1) is 0 Å². The van der Waals surface area contributed by atoms with E-state index in [1.807, 2.05) is 0 Å². The molecular weight excluding hydrogens is 352 g/mol. The minimum Gasteiger partial charge on any atom is -0.505 e. The fraction of sp³-hybridized carbons (Fsp3) is 0.250. The van der Waals surface area contributed by atoms with Crippen LogP contribution in [0.1, 0.15) is 24.2 Å². The van der Waals surface area contributed by atoms with Crippen LogP contribution in [0.25, 0.3) is 5.76 Å². The molecule has 142 valence electrons. The van der Waals surface area contributed by atoms with E-state index in [1.54, 1.807) is 36.4 Å². The van der Waals surface area contributed by atoms with Crippen LogP contribution in [-0.2, 0) is 9.53 Å². The van der Waals surface area contributed by atoms with Crippen LogP contribution in [0.4, 0.5) is 0 Å². The third kappa shape index (κ3) is 3.48. The first kappa shape index (κ1) is 18.4. The minimum absolute atomic E-state index is 0.0474. The lowest BCUT2D eigenvalue weighted by Gasteiger charge is -2.28. The molecule has 27 heavy (non-hydrogen) atoms. The van der Waals surface area contributed by atoms with E-state index in [1.165, 1.54) is 28.3 Å². The fourth-order valence-electron chi connectivity index (χ4n) is 2.85. The molecule has 7 nitrogen and oxygen atoms in total. The molecule has 0 saturated carbocycles. The van der Waals surface area contributed by atoms with Gasteiger partial charge in [0.2, 0.25) is 0 Å². The van der Waals surface area contributed by atoms with Gasteiger partial charge in [-0.3, -0.25) is 4.79 Å². The molecule has 0 spiro atoms. The molecule has 1 aliphatic heterocycles. The van der Waals surface area contributed by atoms with Crippen molar-refractivity contribution in [1.29, 1.82) is 0 Å². The number of benzene rings is 2. The highest BCUT2D eigenvalue weighted by Gasteiger charge is 2.33. The zero-order valence-electron chi connectivity index (χ0n) is 15.4. The topological polar surface area (TPSA) is 83.5 Å². The normalized spacial score (nSPS) is 15.5. The van der Waals surface area contributed by atoms with E-state index in [4.69, 9.17) is 23.7 Å². The number of aliphatic hydroxyl groups excluding tert-OH is 1. The van der Waals surface area contributed by atoms with Crippen molar-refractivity contribution in [2.24, 2.45) is 0 Å². The summed E-state index contributed by atoms with van der Waals surface area (Å²) in [7, 11) is 4.59. The maximum absolute atomic E-state index is 11.5. The zero-order chi connectivity index (χ0) is 19.6. The van der Waals surface area contributed by atoms with E-state index < -0.39 is 12.1 Å². The van der Waals surface area contributed by atoms with E-state index in [0.717, 1.165) is 0 Å². The summed E-state index contributed by atoms with van der Waals surface area (Å²) in [6, 6.07) is 10.1. The molecule has 0 bridgehead atoms. The Balaban J connectivity index is 2.12. The summed E-state index contributed by atoms with van der Waals surface area (Å²) in [5.74, 6) is 1.30. The van der Waals surface area contributed by atoms with Crippen LogP contribution < -0.4 is 18.9 Å². The van der Waals surface area contributed by atoms with Crippen LogP contribution in [0.3, 0.4) is 0 Å². The van der Waals surface area contributed by atoms with Crippen molar-refractivity contribution in [3.63, 3.8) is 0 Å². The van der Waals surface area contributed by atoms with Crippen LogP contribution >= 0.6 is 0 Å². The molecular formula is C20H20O7. The van der Waals surface area contributed by atoms with Gasteiger partial charge in [-0.2, -0.15) is 0 Å². The molecule has 0 aliphatic carbocycles. The molecule has 0 fully saturated rings. The van der Waals surface area contributed by atoms with Crippen LogP contribution in [0.2, 0.25) is 0 Å². The molecule has 0 radical (unpaired) electrons. The Morgan fingerprint density at radius 1 is 1.00 bits per heavy atom. The van der Waals surface area contributed by atoms with Gasteiger partial charge < -0.3 is 28.8 Å². The number of rotatable bonds is 5. The number of hydrogen-bond donors (Lipinski definition) is 1. The van der Waals surface area contributed by atoms with Gasteiger partial charge in [-0.15, -0.1) is 0 Å². The molecule has 1 aliphatic rings. The van der Waals surface area contributed by atoms with Gasteiger partial charge in [0.25, 0.3) is 0 Å². The van der Waals surface area contributed by atoms with Gasteiger partial charge in [-0.05, 0) is 24.3 Å². The number of ether oxygens (including phenoxy) is 5. The molecule has 1 N–H and O–H groups in total. The Morgan fingerprint density at radius 3 is 2.37 bits per heavy atom. The molecule has 2 aromatic carbocycles. The molecule has 0 saturated heterocycles. The summed E-state index contributed by atoms with van der Waals surface area (Å²) in [5, 5.41) is 10.8. The second kappa shape index (κ2) is 7.49. The predicted molar refractivity (Wildman–Crippen MR) is 97.2 cm³/mol. The molecule has 1 heterocycles. The summed E-state index contributed by atoms with van der Waals surface area (Å²) in [6.07, 6.45) is -0.890. The maximum Gasteiger partial charge on any atom is 0.308 e. The maximum atomic E-state index is 11.5. The lowest BCUT2D eigenvalue weighted by atomic mass is 10.00. The lowest BCUT2D eigenvalue weighted by molar-refractivity contribution is -0.134. The quantitative estimate of drug-likeness (QED) is 0.802. The fourth-order valence-corrected chi connectivity index (χ4v) is 2.85. The lowest BCUT2D eigenvalue weighted by Crippen LogP contribution is -2.19. The average Bonchev–Trinajstić information content (AvgIpc) is 2.68. The third-order valence-electron chi connectivity index (χ3n) is 4.12. The zero-order valence-corrected chi connectivity index (χ0v) is 15.4. The average molecular weight is 372 g/mol. The number of hydrogen-bond acceptors (Lipinski definition) is 7. The number of aliphatic hydroxyl groups is 1. The van der Waals surface area contributed by atoms with Gasteiger partial charge in [0.1, 0.15) is 11.5 Å². The predicted octanol–water partition coefficient (Wildman–Crippen LogP) is 3.64. The van der Waals surface area contributed by atoms with Crippen molar-refractivity contribution in [3.8, 4) is 23.0 Å². The van der Waals surface area contributed by atoms with Crippen molar-refractivity contribution in [2.45, 2.75) is 13.0 Å². The summed E-state index contributed by atoms with van der Waals surface area (Å²) >= 11 is 0. The summed E-state index contributed by atoms with van der Waals surface area (Å²) in [6.45, 7) is 1.27. The van der Waals surface area contributed by atoms with Crippen molar-refractivity contribution < 1.29 is 33.6 Å². The first-order chi connectivity index (χ1) is 13.0. The number of fused-ring (bicyclic) bond motifs is 1. The van der Waals surface area contributed by atoms with Crippen LogP contribution in [0.15, 0.2) is 42.2 Å². The van der Waals surface area contributed by atoms with Crippen molar-refractivity contribution in [2.75, 3.05) is 21.3 Å². The molecule has 0 amide bonds. The van der Waals surface area contributed by atoms with Crippen LogP contribution in [-0.4, -0.2) is 32.4 Å². The summed E-state index contributed by atoms with van der Waals surface area (Å²) in [5.41, 5.74) is 1.06. The molecule has 7 heteroatoms. The van der Waals surface area contributed by atoms with E-state index in [2.05, 4.69) is 0 Å². The van der Waals surface area contributed by atoms with E-state index in [0.29, 0.717) is 34.1 Å². The monoisotopic (exact) mass is 372 g/mol. The Labute approximate surface area is 156 Å². The number of esters is 1. The van der Waals surface area contributed by atoms with Gasteiger partial charge in [0.05, 0.1) is 26.9 Å². The van der Waals surface area contributed by atoms with E-state index in [-0.39, 0.29) is 11.5 Å². The van der Waals surface area contributed by atoms with Crippen molar-refractivity contribution in [1.82, 2.24) is 0 Å². The van der Waals surface area contributed by atoms with Gasteiger partial charge in [-0.1, -0.05) is 6.07 Å². The van der Waals surface area contributed by atoms with Crippen molar-refractivity contribution in [3.05, 3.63) is 53.3 Å². The van der Waals surface area contributed by atoms with E-state index in [9.17, 15) is 9.90 Å². The highest BCUT2D eigenvalue weighted by molar-refractivity contribution is 5.80. The second-order valence-corrected chi connectivity index (χ2v) is 5.78. The molecule has 0 unspecified atom stereocenters. The first-order valence-electron chi connectivity index (χ1n) is 8.17. The van der Waals surface area contributed by atoms with Crippen molar-refractivity contribution >= 4 is 11.7 Å². The number of carbonyl (C=O) groups excluding carboxylic acids is 1. The minimum atomic E-state index is -0.890. The van der Waals surface area contributed by atoms with Gasteiger partial charge in [0.15, 0.2) is 29.1 Å². The Hall–Kier alpha value is -3.35. The van der Waals surface area contributed by atoms with Gasteiger partial charge in [0, 0.05) is 18.6 Å². The van der Waals surface area contributed by atoms with Gasteiger partial charge in [-0.25, -0.2) is 0 Å². The molecule has 0 aromatic heterocycles. The molecule has 2 aromatic rings. The number of carbonyl (C=O) groups is 1. The SMILES string of the molecule is COc1ccc2c(c1)O[C@@H](c1ccc(OC)c(OC)c1)C(O)=C2OC(C)=O. The number of methoxy groups -OCH3 is 3. The largest absolute Gasteiger partial charge is 0.505 e. The summed E-state index contributed by atoms with van der Waals surface area (Å²) in [4.78, 5) is 11.5.